The Bertz CT molecular complexity index is 476. The van der Waals surface area contributed by atoms with Crippen molar-refractivity contribution in [3.63, 3.8) is 0 Å². The number of rotatable bonds is 5. The number of carbonyl (C=O) groups is 1. The predicted molar refractivity (Wildman–Crippen MR) is 77.0 cm³/mol. The van der Waals surface area contributed by atoms with Gasteiger partial charge in [-0.1, -0.05) is 6.07 Å². The van der Waals surface area contributed by atoms with Crippen LogP contribution in [0.25, 0.3) is 0 Å². The highest BCUT2D eigenvalue weighted by molar-refractivity contribution is 5.79. The minimum atomic E-state index is 0.130. The topological polar surface area (TPSA) is 64.8 Å². The van der Waals surface area contributed by atoms with Crippen LogP contribution >= 0.6 is 0 Å². The first-order valence-corrected chi connectivity index (χ1v) is 6.90. The van der Waals surface area contributed by atoms with Gasteiger partial charge in [0.15, 0.2) is 11.5 Å². The van der Waals surface area contributed by atoms with Crippen LogP contribution in [0.4, 0.5) is 0 Å². The second kappa shape index (κ2) is 6.61. The lowest BCUT2D eigenvalue weighted by Gasteiger charge is -2.23. The van der Waals surface area contributed by atoms with Crippen molar-refractivity contribution in [3.05, 3.63) is 23.8 Å². The van der Waals surface area contributed by atoms with Crippen molar-refractivity contribution in [3.8, 4) is 11.5 Å². The quantitative estimate of drug-likeness (QED) is 0.879. The summed E-state index contributed by atoms with van der Waals surface area (Å²) in [5.74, 6) is 1.45. The SMILES string of the molecule is COc1ccc(CC(=O)N2CCCC2CN)cc1OC. The van der Waals surface area contributed by atoms with Gasteiger partial charge in [-0.05, 0) is 30.5 Å². The molecule has 1 aromatic carbocycles. The number of hydrogen-bond acceptors (Lipinski definition) is 4. The summed E-state index contributed by atoms with van der Waals surface area (Å²) in [6, 6.07) is 5.77. The van der Waals surface area contributed by atoms with E-state index in [0.717, 1.165) is 24.9 Å². The normalized spacial score (nSPS) is 18.1. The molecule has 1 atom stereocenters. The maximum Gasteiger partial charge on any atom is 0.227 e. The third kappa shape index (κ3) is 3.04. The van der Waals surface area contributed by atoms with Gasteiger partial charge in [-0.15, -0.1) is 0 Å². The summed E-state index contributed by atoms with van der Waals surface area (Å²) < 4.78 is 10.4. The number of benzene rings is 1. The number of carbonyl (C=O) groups excluding carboxylic acids is 1. The van der Waals surface area contributed by atoms with Crippen molar-refractivity contribution in [1.82, 2.24) is 4.90 Å². The molecule has 5 heteroatoms. The fourth-order valence-electron chi connectivity index (χ4n) is 2.68. The van der Waals surface area contributed by atoms with Crippen molar-refractivity contribution in [2.75, 3.05) is 27.3 Å². The lowest BCUT2D eigenvalue weighted by molar-refractivity contribution is -0.131. The van der Waals surface area contributed by atoms with Crippen LogP contribution in [0.15, 0.2) is 18.2 Å². The van der Waals surface area contributed by atoms with Gasteiger partial charge in [0.05, 0.1) is 20.6 Å². The lowest BCUT2D eigenvalue weighted by atomic mass is 10.1. The van der Waals surface area contributed by atoms with Crippen LogP contribution in [0.2, 0.25) is 0 Å². The maximum absolute atomic E-state index is 12.3. The monoisotopic (exact) mass is 278 g/mol. The van der Waals surface area contributed by atoms with E-state index in [1.165, 1.54) is 0 Å². The third-order valence-electron chi connectivity index (χ3n) is 3.77. The fraction of sp³-hybridized carbons (Fsp3) is 0.533. The molecule has 0 saturated carbocycles. The number of amides is 1. The first-order chi connectivity index (χ1) is 9.69. The molecule has 5 nitrogen and oxygen atoms in total. The highest BCUT2D eigenvalue weighted by atomic mass is 16.5. The molecule has 0 aromatic heterocycles. The number of methoxy groups -OCH3 is 2. The zero-order valence-electron chi connectivity index (χ0n) is 12.1. The Hall–Kier alpha value is -1.75. The van der Waals surface area contributed by atoms with Gasteiger partial charge in [0.2, 0.25) is 5.91 Å². The third-order valence-corrected chi connectivity index (χ3v) is 3.77. The Morgan fingerprint density at radius 1 is 1.35 bits per heavy atom. The fourth-order valence-corrected chi connectivity index (χ4v) is 2.68. The zero-order chi connectivity index (χ0) is 14.5. The highest BCUT2D eigenvalue weighted by Gasteiger charge is 2.27. The second-order valence-corrected chi connectivity index (χ2v) is 4.98. The van der Waals surface area contributed by atoms with Gasteiger partial charge in [-0.2, -0.15) is 0 Å². The van der Waals surface area contributed by atoms with Gasteiger partial charge >= 0.3 is 0 Å². The maximum atomic E-state index is 12.3. The van der Waals surface area contributed by atoms with Gasteiger partial charge in [0.1, 0.15) is 0 Å². The molecule has 110 valence electrons. The lowest BCUT2D eigenvalue weighted by Crippen LogP contribution is -2.40. The standard InChI is InChI=1S/C15H22N2O3/c1-19-13-6-5-11(8-14(13)20-2)9-15(18)17-7-3-4-12(17)10-16/h5-6,8,12H,3-4,7,9-10,16H2,1-2H3. The van der Waals surface area contributed by atoms with E-state index in [0.29, 0.717) is 24.5 Å². The van der Waals surface area contributed by atoms with Crippen molar-refractivity contribution >= 4 is 5.91 Å². The van der Waals surface area contributed by atoms with Crippen LogP contribution in [0.1, 0.15) is 18.4 Å². The molecule has 0 spiro atoms. The molecule has 1 fully saturated rings. The van der Waals surface area contributed by atoms with Crippen LogP contribution in [-0.2, 0) is 11.2 Å². The minimum Gasteiger partial charge on any atom is -0.493 e. The van der Waals surface area contributed by atoms with Crippen molar-refractivity contribution < 1.29 is 14.3 Å². The highest BCUT2D eigenvalue weighted by Crippen LogP contribution is 2.28. The Morgan fingerprint density at radius 3 is 2.75 bits per heavy atom. The van der Waals surface area contributed by atoms with Gasteiger partial charge in [0, 0.05) is 19.1 Å². The van der Waals surface area contributed by atoms with E-state index >= 15 is 0 Å². The van der Waals surface area contributed by atoms with Gasteiger partial charge in [0.25, 0.3) is 0 Å². The van der Waals surface area contributed by atoms with Gasteiger partial charge in [-0.25, -0.2) is 0 Å². The Morgan fingerprint density at radius 2 is 2.10 bits per heavy atom. The molecular formula is C15H22N2O3. The van der Waals surface area contributed by atoms with E-state index in [4.69, 9.17) is 15.2 Å². The molecule has 2 rings (SSSR count). The average molecular weight is 278 g/mol. The predicted octanol–water partition coefficient (Wildman–Crippen LogP) is 1.20. The molecule has 1 aromatic rings. The molecule has 1 saturated heterocycles. The molecule has 2 N–H and O–H groups in total. The number of nitrogens with two attached hydrogens (primary N) is 1. The molecule has 1 heterocycles. The molecule has 0 bridgehead atoms. The first kappa shape index (κ1) is 14.7. The van der Waals surface area contributed by atoms with E-state index in [-0.39, 0.29) is 11.9 Å². The number of likely N-dealkylation sites (tertiary alicyclic amines) is 1. The summed E-state index contributed by atoms with van der Waals surface area (Å²) in [5, 5.41) is 0. The van der Waals surface area contributed by atoms with Crippen LogP contribution < -0.4 is 15.2 Å². The summed E-state index contributed by atoms with van der Waals surface area (Å²) >= 11 is 0. The number of nitrogens with zero attached hydrogens (tertiary/aromatic N) is 1. The number of hydrogen-bond donors (Lipinski definition) is 1. The van der Waals surface area contributed by atoms with Gasteiger partial charge in [-0.3, -0.25) is 4.79 Å². The molecule has 20 heavy (non-hydrogen) atoms. The Kier molecular flexibility index (Phi) is 4.84. The minimum absolute atomic E-state index is 0.130. The first-order valence-electron chi connectivity index (χ1n) is 6.90. The van der Waals surface area contributed by atoms with E-state index in [1.54, 1.807) is 14.2 Å². The molecule has 0 radical (unpaired) electrons. The molecular weight excluding hydrogens is 256 g/mol. The Labute approximate surface area is 119 Å². The van der Waals surface area contributed by atoms with E-state index in [2.05, 4.69) is 0 Å². The summed E-state index contributed by atoms with van der Waals surface area (Å²) in [7, 11) is 3.19. The van der Waals surface area contributed by atoms with Crippen LogP contribution in [0.5, 0.6) is 11.5 Å². The van der Waals surface area contributed by atoms with Crippen molar-refractivity contribution in [1.29, 1.82) is 0 Å². The van der Waals surface area contributed by atoms with Gasteiger partial charge < -0.3 is 20.1 Å². The molecule has 1 amide bonds. The van der Waals surface area contributed by atoms with Crippen LogP contribution in [0, 0.1) is 0 Å². The summed E-state index contributed by atoms with van der Waals surface area (Å²) in [5.41, 5.74) is 6.63. The van der Waals surface area contributed by atoms with Crippen LogP contribution in [-0.4, -0.2) is 44.2 Å². The molecule has 0 aliphatic carbocycles. The molecule has 1 aliphatic heterocycles. The zero-order valence-corrected chi connectivity index (χ0v) is 12.1. The van der Waals surface area contributed by atoms with Crippen molar-refractivity contribution in [2.45, 2.75) is 25.3 Å². The van der Waals surface area contributed by atoms with E-state index in [9.17, 15) is 4.79 Å². The number of ether oxygens (including phenoxy) is 2. The molecule has 1 unspecified atom stereocenters. The largest absolute Gasteiger partial charge is 0.493 e. The van der Waals surface area contributed by atoms with Crippen molar-refractivity contribution in [2.24, 2.45) is 5.73 Å². The second-order valence-electron chi connectivity index (χ2n) is 4.98. The average Bonchev–Trinajstić information content (AvgIpc) is 2.95. The smallest absolute Gasteiger partial charge is 0.227 e. The van der Waals surface area contributed by atoms with Crippen LogP contribution in [0.3, 0.4) is 0 Å². The summed E-state index contributed by atoms with van der Waals surface area (Å²) in [4.78, 5) is 14.2. The summed E-state index contributed by atoms with van der Waals surface area (Å²) in [6.07, 6.45) is 2.42. The van der Waals surface area contributed by atoms with E-state index < -0.39 is 0 Å². The molecule has 1 aliphatic rings. The van der Waals surface area contributed by atoms with E-state index in [1.807, 2.05) is 23.1 Å². The Balaban J connectivity index is 2.07. The summed E-state index contributed by atoms with van der Waals surface area (Å²) in [6.45, 7) is 1.35.